The lowest BCUT2D eigenvalue weighted by Gasteiger charge is -1.92. The first-order valence-electron chi connectivity index (χ1n) is 4.24. The van der Waals surface area contributed by atoms with Crippen LogP contribution in [-0.4, -0.2) is 15.1 Å². The van der Waals surface area contributed by atoms with Crippen LogP contribution in [0.4, 0.5) is 0 Å². The van der Waals surface area contributed by atoms with Crippen molar-refractivity contribution < 1.29 is 4.52 Å². The summed E-state index contributed by atoms with van der Waals surface area (Å²) in [5.74, 6) is 1.17. The van der Waals surface area contributed by atoms with Crippen LogP contribution < -0.4 is 0 Å². The Morgan fingerprint density at radius 2 is 2.29 bits per heavy atom. The predicted molar refractivity (Wildman–Crippen MR) is 51.9 cm³/mol. The van der Waals surface area contributed by atoms with Gasteiger partial charge in [0.25, 0.3) is 5.89 Å². The normalized spacial score (nSPS) is 10.4. The highest BCUT2D eigenvalue weighted by Crippen LogP contribution is 2.17. The van der Waals surface area contributed by atoms with Crippen LogP contribution in [0.15, 0.2) is 22.9 Å². The third-order valence-corrected chi connectivity index (χ3v) is 1.98. The van der Waals surface area contributed by atoms with Crippen LogP contribution in [0.3, 0.4) is 0 Å². The molecule has 0 unspecified atom stereocenters. The highest BCUT2D eigenvalue weighted by atomic mass is 35.5. The summed E-state index contributed by atoms with van der Waals surface area (Å²) >= 11 is 5.65. The van der Waals surface area contributed by atoms with Gasteiger partial charge >= 0.3 is 0 Å². The Bertz CT molecular complexity index is 424. The number of hydrogen-bond acceptors (Lipinski definition) is 4. The smallest absolute Gasteiger partial charge is 0.259 e. The lowest BCUT2D eigenvalue weighted by Crippen LogP contribution is -1.83. The molecule has 0 radical (unpaired) electrons. The molecule has 0 aliphatic rings. The Kier molecular flexibility index (Phi) is 2.45. The van der Waals surface area contributed by atoms with Gasteiger partial charge in [-0.15, -0.1) is 0 Å². The Morgan fingerprint density at radius 3 is 2.86 bits per heavy atom. The molecule has 0 fully saturated rings. The van der Waals surface area contributed by atoms with E-state index >= 15 is 0 Å². The van der Waals surface area contributed by atoms with Gasteiger partial charge in [-0.25, -0.2) is 4.98 Å². The van der Waals surface area contributed by atoms with E-state index in [0.29, 0.717) is 16.9 Å². The molecule has 72 valence electrons. The fraction of sp³-hybridized carbons (Fsp3) is 0.222. The van der Waals surface area contributed by atoms with Crippen molar-refractivity contribution in [3.8, 4) is 11.5 Å². The molecule has 4 nitrogen and oxygen atoms in total. The molecule has 14 heavy (non-hydrogen) atoms. The van der Waals surface area contributed by atoms with E-state index in [-0.39, 0.29) is 0 Å². The monoisotopic (exact) mass is 209 g/mol. The van der Waals surface area contributed by atoms with E-state index in [0.717, 1.165) is 12.0 Å². The van der Waals surface area contributed by atoms with E-state index in [4.69, 9.17) is 16.1 Å². The highest BCUT2D eigenvalue weighted by Gasteiger charge is 2.07. The summed E-state index contributed by atoms with van der Waals surface area (Å²) in [5.41, 5.74) is 0.779. The summed E-state index contributed by atoms with van der Waals surface area (Å²) in [6.45, 7) is 1.97. The minimum Gasteiger partial charge on any atom is -0.334 e. The average Bonchev–Trinajstić information content (AvgIpc) is 2.67. The first-order chi connectivity index (χ1) is 6.79. The van der Waals surface area contributed by atoms with Crippen LogP contribution in [0.5, 0.6) is 0 Å². The first-order valence-corrected chi connectivity index (χ1v) is 4.62. The molecular formula is C9H8ClN3O. The average molecular weight is 210 g/mol. The summed E-state index contributed by atoms with van der Waals surface area (Å²) in [6, 6.07) is 3.48. The van der Waals surface area contributed by atoms with Crippen LogP contribution in [0, 0.1) is 0 Å². The Hall–Kier alpha value is -1.42. The molecular weight excluding hydrogens is 202 g/mol. The van der Waals surface area contributed by atoms with E-state index in [1.807, 2.05) is 6.92 Å². The van der Waals surface area contributed by atoms with Crippen molar-refractivity contribution in [2.45, 2.75) is 13.3 Å². The third kappa shape index (κ3) is 1.75. The minimum atomic E-state index is 0.448. The van der Waals surface area contributed by atoms with Crippen LogP contribution in [0.1, 0.15) is 12.7 Å². The van der Waals surface area contributed by atoms with Crippen LogP contribution >= 0.6 is 11.6 Å². The van der Waals surface area contributed by atoms with E-state index in [1.54, 1.807) is 18.3 Å². The van der Waals surface area contributed by atoms with Crippen LogP contribution in [0.2, 0.25) is 5.15 Å². The number of pyridine rings is 1. The van der Waals surface area contributed by atoms with Crippen molar-refractivity contribution in [3.05, 3.63) is 29.3 Å². The van der Waals surface area contributed by atoms with Gasteiger partial charge in [0.2, 0.25) is 0 Å². The molecule has 0 bridgehead atoms. The zero-order valence-electron chi connectivity index (χ0n) is 7.57. The summed E-state index contributed by atoms with van der Waals surface area (Å²) in [4.78, 5) is 8.10. The van der Waals surface area contributed by atoms with Gasteiger partial charge in [-0.05, 0) is 12.1 Å². The second-order valence-electron chi connectivity index (χ2n) is 2.74. The molecule has 0 aliphatic heterocycles. The molecule has 0 N–H and O–H groups in total. The van der Waals surface area contributed by atoms with E-state index in [1.165, 1.54) is 0 Å². The quantitative estimate of drug-likeness (QED) is 0.713. The van der Waals surface area contributed by atoms with Crippen LogP contribution in [-0.2, 0) is 6.42 Å². The number of aryl methyl sites for hydroxylation is 1. The van der Waals surface area contributed by atoms with Gasteiger partial charge in [-0.1, -0.05) is 23.7 Å². The maximum absolute atomic E-state index is 5.65. The summed E-state index contributed by atoms with van der Waals surface area (Å²) < 4.78 is 5.04. The summed E-state index contributed by atoms with van der Waals surface area (Å²) in [6.07, 6.45) is 2.36. The second-order valence-corrected chi connectivity index (χ2v) is 3.13. The molecule has 2 rings (SSSR count). The van der Waals surface area contributed by atoms with Crippen molar-refractivity contribution in [3.63, 3.8) is 0 Å². The van der Waals surface area contributed by atoms with E-state index < -0.39 is 0 Å². The zero-order valence-corrected chi connectivity index (χ0v) is 8.32. The van der Waals surface area contributed by atoms with Crippen molar-refractivity contribution in [2.24, 2.45) is 0 Å². The third-order valence-electron chi connectivity index (χ3n) is 1.76. The van der Waals surface area contributed by atoms with Gasteiger partial charge in [0.15, 0.2) is 5.82 Å². The number of hydrogen-bond donors (Lipinski definition) is 0. The molecule has 0 saturated carbocycles. The van der Waals surface area contributed by atoms with Gasteiger partial charge in [0, 0.05) is 12.6 Å². The van der Waals surface area contributed by atoms with Gasteiger partial charge in [-0.2, -0.15) is 4.98 Å². The predicted octanol–water partition coefficient (Wildman–Crippen LogP) is 2.35. The molecule has 0 amide bonds. The molecule has 0 atom stereocenters. The molecule has 5 heteroatoms. The fourth-order valence-corrected chi connectivity index (χ4v) is 1.13. The van der Waals surface area contributed by atoms with Crippen molar-refractivity contribution in [2.75, 3.05) is 0 Å². The maximum Gasteiger partial charge on any atom is 0.259 e. The SMILES string of the molecule is CCc1noc(-c2ccc(Cl)nc2)n1. The van der Waals surface area contributed by atoms with Gasteiger partial charge in [0.05, 0.1) is 5.56 Å². The van der Waals surface area contributed by atoms with Gasteiger partial charge < -0.3 is 4.52 Å². The maximum atomic E-state index is 5.65. The lowest BCUT2D eigenvalue weighted by molar-refractivity contribution is 0.423. The minimum absolute atomic E-state index is 0.448. The molecule has 0 aliphatic carbocycles. The zero-order chi connectivity index (χ0) is 9.97. The Balaban J connectivity index is 2.34. The van der Waals surface area contributed by atoms with Gasteiger partial charge in [0.1, 0.15) is 5.15 Å². The topological polar surface area (TPSA) is 51.8 Å². The largest absolute Gasteiger partial charge is 0.334 e. The Labute approximate surface area is 85.9 Å². The summed E-state index contributed by atoms with van der Waals surface area (Å²) in [5, 5.41) is 4.23. The molecule has 2 aromatic heterocycles. The fourth-order valence-electron chi connectivity index (χ4n) is 1.02. The molecule has 2 aromatic rings. The van der Waals surface area contributed by atoms with E-state index in [2.05, 4.69) is 15.1 Å². The summed E-state index contributed by atoms with van der Waals surface area (Å²) in [7, 11) is 0. The second kappa shape index (κ2) is 3.75. The first kappa shape index (κ1) is 9.15. The molecule has 0 saturated heterocycles. The van der Waals surface area contributed by atoms with Gasteiger partial charge in [-0.3, -0.25) is 0 Å². The number of nitrogens with zero attached hydrogens (tertiary/aromatic N) is 3. The lowest BCUT2D eigenvalue weighted by atomic mass is 10.3. The van der Waals surface area contributed by atoms with Crippen molar-refractivity contribution >= 4 is 11.6 Å². The van der Waals surface area contributed by atoms with E-state index in [9.17, 15) is 0 Å². The molecule has 2 heterocycles. The standard InChI is InChI=1S/C9H8ClN3O/c1-2-8-12-9(14-13-8)6-3-4-7(10)11-5-6/h3-5H,2H2,1H3. The number of aromatic nitrogens is 3. The molecule has 0 spiro atoms. The molecule has 0 aromatic carbocycles. The van der Waals surface area contributed by atoms with Crippen LogP contribution in [0.25, 0.3) is 11.5 Å². The van der Waals surface area contributed by atoms with Crippen molar-refractivity contribution in [1.29, 1.82) is 0 Å². The Morgan fingerprint density at radius 1 is 1.43 bits per heavy atom. The van der Waals surface area contributed by atoms with Crippen molar-refractivity contribution in [1.82, 2.24) is 15.1 Å². The number of rotatable bonds is 2. The highest BCUT2D eigenvalue weighted by molar-refractivity contribution is 6.29. The number of halogens is 1.